The summed E-state index contributed by atoms with van der Waals surface area (Å²) in [5, 5.41) is 3.35. The molecule has 32 heavy (non-hydrogen) atoms. The van der Waals surface area contributed by atoms with Crippen LogP contribution >= 0.6 is 0 Å². The van der Waals surface area contributed by atoms with Gasteiger partial charge in [0.2, 0.25) is 5.91 Å². The van der Waals surface area contributed by atoms with Crippen molar-refractivity contribution in [3.8, 4) is 11.1 Å². The van der Waals surface area contributed by atoms with E-state index in [1.807, 2.05) is 24.4 Å². The second kappa shape index (κ2) is 10.9. The third kappa shape index (κ3) is 5.37. The van der Waals surface area contributed by atoms with E-state index in [4.69, 9.17) is 0 Å². The molecule has 166 valence electrons. The van der Waals surface area contributed by atoms with Gasteiger partial charge in [-0.3, -0.25) is 9.78 Å². The molecule has 0 spiro atoms. The first-order valence-corrected chi connectivity index (χ1v) is 11.9. The van der Waals surface area contributed by atoms with Crippen molar-refractivity contribution >= 4 is 11.6 Å². The van der Waals surface area contributed by atoms with Gasteiger partial charge in [-0.05, 0) is 48.6 Å². The van der Waals surface area contributed by atoms with E-state index in [0.717, 1.165) is 37.1 Å². The second-order valence-electron chi connectivity index (χ2n) is 8.64. The molecular formula is C28H33N3O. The summed E-state index contributed by atoms with van der Waals surface area (Å²) in [7, 11) is 0. The smallest absolute Gasteiger partial charge is 0.247 e. The molecule has 4 rings (SSSR count). The quantitative estimate of drug-likeness (QED) is 0.468. The van der Waals surface area contributed by atoms with Crippen LogP contribution in [0.25, 0.3) is 11.1 Å². The van der Waals surface area contributed by atoms with Gasteiger partial charge in [0, 0.05) is 36.2 Å². The summed E-state index contributed by atoms with van der Waals surface area (Å²) < 4.78 is 0. The third-order valence-electron chi connectivity index (χ3n) is 6.28. The van der Waals surface area contributed by atoms with Crippen molar-refractivity contribution in [3.05, 3.63) is 84.7 Å². The fourth-order valence-corrected chi connectivity index (χ4v) is 4.66. The number of carbonyl (C=O) groups excluding carboxylic acids is 1. The Morgan fingerprint density at radius 1 is 0.969 bits per heavy atom. The van der Waals surface area contributed by atoms with Gasteiger partial charge in [0.15, 0.2) is 0 Å². The first kappa shape index (κ1) is 22.1. The van der Waals surface area contributed by atoms with Crippen molar-refractivity contribution in [1.29, 1.82) is 0 Å². The molecular weight excluding hydrogens is 394 g/mol. The van der Waals surface area contributed by atoms with E-state index in [2.05, 4.69) is 70.7 Å². The van der Waals surface area contributed by atoms with E-state index in [1.54, 1.807) is 6.20 Å². The van der Waals surface area contributed by atoms with E-state index < -0.39 is 6.04 Å². The Morgan fingerprint density at radius 3 is 2.34 bits per heavy atom. The lowest BCUT2D eigenvalue weighted by molar-refractivity contribution is -0.123. The minimum absolute atomic E-state index is 0.0745. The number of carbonyl (C=O) groups is 1. The number of anilines is 1. The van der Waals surface area contributed by atoms with E-state index >= 15 is 0 Å². The largest absolute Gasteiger partial charge is 0.356 e. The van der Waals surface area contributed by atoms with Gasteiger partial charge < -0.3 is 10.2 Å². The van der Waals surface area contributed by atoms with Gasteiger partial charge >= 0.3 is 0 Å². The average Bonchev–Trinajstić information content (AvgIpc) is 2.86. The van der Waals surface area contributed by atoms with Crippen LogP contribution in [-0.2, 0) is 4.79 Å². The van der Waals surface area contributed by atoms with Gasteiger partial charge in [-0.1, -0.05) is 74.7 Å². The Hall–Kier alpha value is -3.14. The van der Waals surface area contributed by atoms with E-state index in [0.29, 0.717) is 0 Å². The molecule has 4 heteroatoms. The monoisotopic (exact) mass is 427 g/mol. The number of hydrogen-bond donors (Lipinski definition) is 1. The van der Waals surface area contributed by atoms with E-state index in [9.17, 15) is 4.79 Å². The Morgan fingerprint density at radius 2 is 1.69 bits per heavy atom. The van der Waals surface area contributed by atoms with E-state index in [-0.39, 0.29) is 11.9 Å². The highest BCUT2D eigenvalue weighted by Crippen LogP contribution is 2.30. The molecule has 0 radical (unpaired) electrons. The predicted octanol–water partition coefficient (Wildman–Crippen LogP) is 6.16. The first-order chi connectivity index (χ1) is 15.8. The molecule has 1 aliphatic rings. The number of amides is 1. The molecule has 1 aromatic heterocycles. The average molecular weight is 428 g/mol. The van der Waals surface area contributed by atoms with Crippen LogP contribution in [0.1, 0.15) is 57.1 Å². The summed E-state index contributed by atoms with van der Waals surface area (Å²) in [6.07, 6.45) is 10.4. The molecule has 1 aliphatic carbocycles. The maximum atomic E-state index is 13.6. The zero-order valence-electron chi connectivity index (χ0n) is 18.9. The van der Waals surface area contributed by atoms with Gasteiger partial charge in [0.25, 0.3) is 0 Å². The van der Waals surface area contributed by atoms with E-state index in [1.165, 1.54) is 30.4 Å². The molecule has 3 aromatic rings. The molecule has 1 atom stereocenters. The Kier molecular flexibility index (Phi) is 7.55. The van der Waals surface area contributed by atoms with Crippen LogP contribution in [0, 0.1) is 0 Å². The van der Waals surface area contributed by atoms with Crippen molar-refractivity contribution in [3.63, 3.8) is 0 Å². The second-order valence-corrected chi connectivity index (χ2v) is 8.64. The summed E-state index contributed by atoms with van der Waals surface area (Å²) in [6.45, 7) is 2.95. The van der Waals surface area contributed by atoms with Gasteiger partial charge in [-0.15, -0.1) is 0 Å². The zero-order chi connectivity index (χ0) is 22.2. The van der Waals surface area contributed by atoms with Crippen LogP contribution in [0.2, 0.25) is 0 Å². The van der Waals surface area contributed by atoms with Gasteiger partial charge in [-0.2, -0.15) is 0 Å². The number of nitrogens with zero attached hydrogens (tertiary/aromatic N) is 2. The molecule has 1 heterocycles. The van der Waals surface area contributed by atoms with Crippen LogP contribution in [-0.4, -0.2) is 23.5 Å². The fraction of sp³-hybridized carbons (Fsp3) is 0.357. The van der Waals surface area contributed by atoms with Crippen molar-refractivity contribution in [2.75, 3.05) is 11.4 Å². The highest BCUT2D eigenvalue weighted by molar-refractivity contribution is 5.87. The number of hydrogen-bond acceptors (Lipinski definition) is 3. The lowest BCUT2D eigenvalue weighted by Gasteiger charge is -2.34. The van der Waals surface area contributed by atoms with Crippen molar-refractivity contribution < 1.29 is 4.79 Å². The molecule has 1 amide bonds. The molecule has 2 aromatic carbocycles. The molecule has 1 N–H and O–H groups in total. The minimum Gasteiger partial charge on any atom is -0.356 e. The molecule has 4 nitrogen and oxygen atoms in total. The topological polar surface area (TPSA) is 45.2 Å². The number of benzene rings is 2. The fourth-order valence-electron chi connectivity index (χ4n) is 4.66. The summed E-state index contributed by atoms with van der Waals surface area (Å²) in [6, 6.07) is 22.8. The van der Waals surface area contributed by atoms with Gasteiger partial charge in [-0.25, -0.2) is 0 Å². The summed E-state index contributed by atoms with van der Waals surface area (Å²) >= 11 is 0. The normalized spacial score (nSPS) is 15.2. The number of pyridine rings is 1. The molecule has 0 saturated heterocycles. The highest BCUT2D eigenvalue weighted by Gasteiger charge is 2.30. The van der Waals surface area contributed by atoms with Crippen LogP contribution in [0.3, 0.4) is 0 Å². The van der Waals surface area contributed by atoms with Crippen LogP contribution in [0.5, 0.6) is 0 Å². The standard InChI is InChI=1S/C28H33N3O/c1-2-20-31(26-17-15-23(16-18-26)22-10-5-3-6-11-22)27(24-12-9-19-29-21-24)28(32)30-25-13-7-4-8-14-25/h3,5-6,9-12,15-19,21,25,27H,2,4,7-8,13-14,20H2,1H3,(H,30,32). The number of nitrogens with one attached hydrogen (secondary N) is 1. The van der Waals surface area contributed by atoms with Crippen molar-refractivity contribution in [1.82, 2.24) is 10.3 Å². The van der Waals surface area contributed by atoms with Gasteiger partial charge in [0.05, 0.1) is 0 Å². The van der Waals surface area contributed by atoms with Crippen LogP contribution < -0.4 is 10.2 Å². The van der Waals surface area contributed by atoms with Crippen LogP contribution in [0.4, 0.5) is 5.69 Å². The van der Waals surface area contributed by atoms with Gasteiger partial charge in [0.1, 0.15) is 6.04 Å². The molecule has 0 aliphatic heterocycles. The lowest BCUT2D eigenvalue weighted by Crippen LogP contribution is -2.45. The number of aromatic nitrogens is 1. The van der Waals surface area contributed by atoms with Crippen molar-refractivity contribution in [2.24, 2.45) is 0 Å². The molecule has 1 saturated carbocycles. The number of rotatable bonds is 8. The molecule has 0 bridgehead atoms. The lowest BCUT2D eigenvalue weighted by atomic mass is 9.94. The Balaban J connectivity index is 1.64. The highest BCUT2D eigenvalue weighted by atomic mass is 16.2. The molecule has 1 unspecified atom stereocenters. The predicted molar refractivity (Wildman–Crippen MR) is 132 cm³/mol. The molecule has 1 fully saturated rings. The Labute approximate surface area is 191 Å². The zero-order valence-corrected chi connectivity index (χ0v) is 18.9. The van der Waals surface area contributed by atoms with Crippen molar-refractivity contribution in [2.45, 2.75) is 57.5 Å². The minimum atomic E-state index is -0.395. The summed E-state index contributed by atoms with van der Waals surface area (Å²) in [4.78, 5) is 20.2. The maximum Gasteiger partial charge on any atom is 0.247 e. The Bertz CT molecular complexity index is 967. The maximum absolute atomic E-state index is 13.6. The third-order valence-corrected chi connectivity index (χ3v) is 6.28. The summed E-state index contributed by atoms with van der Waals surface area (Å²) in [5.41, 5.74) is 4.36. The summed E-state index contributed by atoms with van der Waals surface area (Å²) in [5.74, 6) is 0.0745. The SMILES string of the molecule is CCCN(c1ccc(-c2ccccc2)cc1)C(C(=O)NC1CCCCC1)c1cccnc1. The first-order valence-electron chi connectivity index (χ1n) is 11.9. The van der Waals surface area contributed by atoms with Crippen LogP contribution in [0.15, 0.2) is 79.1 Å².